The monoisotopic (exact) mass is 380 g/mol. The number of carbonyl (C=O) groups excluding carboxylic acids is 2. The molecule has 1 atom stereocenters. The minimum Gasteiger partial charge on any atom is -0.352 e. The molecule has 0 radical (unpaired) electrons. The van der Waals surface area contributed by atoms with Crippen molar-refractivity contribution in [1.82, 2.24) is 20.5 Å². The first-order valence-corrected chi connectivity index (χ1v) is 9.92. The number of nitrogens with one attached hydrogen (secondary N) is 2. The summed E-state index contributed by atoms with van der Waals surface area (Å²) in [4.78, 5) is 31.1. The molecule has 6 nitrogen and oxygen atoms in total. The Kier molecular flexibility index (Phi) is 7.14. The Bertz CT molecular complexity index is 794. The minimum atomic E-state index is -0.0889. The SMILES string of the molecule is CCNC(=O)c1cccc(CNC(=O)[C@@H]2CCCN(Cc3cccnc3)C2)c1. The van der Waals surface area contributed by atoms with Crippen LogP contribution in [0.3, 0.4) is 0 Å². The van der Waals surface area contributed by atoms with Gasteiger partial charge in [0.05, 0.1) is 5.92 Å². The Hall–Kier alpha value is -2.73. The van der Waals surface area contributed by atoms with E-state index in [1.54, 1.807) is 12.3 Å². The van der Waals surface area contributed by atoms with Gasteiger partial charge in [0.2, 0.25) is 5.91 Å². The van der Waals surface area contributed by atoms with E-state index in [-0.39, 0.29) is 17.7 Å². The van der Waals surface area contributed by atoms with Crippen LogP contribution in [0, 0.1) is 5.92 Å². The Balaban J connectivity index is 1.52. The van der Waals surface area contributed by atoms with Crippen molar-refractivity contribution >= 4 is 11.8 Å². The first-order valence-electron chi connectivity index (χ1n) is 9.92. The molecule has 6 heteroatoms. The van der Waals surface area contributed by atoms with Crippen LogP contribution in [0.2, 0.25) is 0 Å². The molecule has 0 aliphatic carbocycles. The van der Waals surface area contributed by atoms with Crippen molar-refractivity contribution in [2.24, 2.45) is 5.92 Å². The zero-order valence-electron chi connectivity index (χ0n) is 16.4. The maximum Gasteiger partial charge on any atom is 0.251 e. The zero-order chi connectivity index (χ0) is 19.8. The summed E-state index contributed by atoms with van der Waals surface area (Å²) in [5.74, 6) is -0.00899. The van der Waals surface area contributed by atoms with Crippen LogP contribution >= 0.6 is 0 Å². The Labute approximate surface area is 166 Å². The minimum absolute atomic E-state index is 0.00278. The van der Waals surface area contributed by atoms with E-state index in [2.05, 4.69) is 26.6 Å². The average Bonchev–Trinajstić information content (AvgIpc) is 2.73. The van der Waals surface area contributed by atoms with Crippen LogP contribution in [0.4, 0.5) is 0 Å². The first kappa shape index (κ1) is 20.0. The van der Waals surface area contributed by atoms with Crippen LogP contribution in [0.25, 0.3) is 0 Å². The number of carbonyl (C=O) groups is 2. The number of aromatic nitrogens is 1. The Morgan fingerprint density at radius 3 is 2.82 bits per heavy atom. The molecular formula is C22H28N4O2. The van der Waals surface area contributed by atoms with Crippen molar-refractivity contribution in [2.75, 3.05) is 19.6 Å². The molecule has 0 spiro atoms. The lowest BCUT2D eigenvalue weighted by Gasteiger charge is -2.32. The van der Waals surface area contributed by atoms with Gasteiger partial charge < -0.3 is 10.6 Å². The fraction of sp³-hybridized carbons (Fsp3) is 0.409. The molecule has 1 aromatic heterocycles. The van der Waals surface area contributed by atoms with Crippen LogP contribution in [0.15, 0.2) is 48.8 Å². The van der Waals surface area contributed by atoms with Gasteiger partial charge in [-0.05, 0) is 55.6 Å². The van der Waals surface area contributed by atoms with Gasteiger partial charge in [-0.2, -0.15) is 0 Å². The predicted molar refractivity (Wildman–Crippen MR) is 109 cm³/mol. The van der Waals surface area contributed by atoms with E-state index < -0.39 is 0 Å². The van der Waals surface area contributed by atoms with Crippen LogP contribution in [0.1, 0.15) is 41.3 Å². The summed E-state index contributed by atoms with van der Waals surface area (Å²) in [6, 6.07) is 11.4. The molecule has 1 saturated heterocycles. The van der Waals surface area contributed by atoms with Crippen molar-refractivity contribution in [1.29, 1.82) is 0 Å². The highest BCUT2D eigenvalue weighted by atomic mass is 16.2. The standard InChI is InChI=1S/C22H28N4O2/c1-2-24-21(27)19-8-3-6-17(12-19)14-25-22(28)20-9-5-11-26(16-20)15-18-7-4-10-23-13-18/h3-4,6-8,10,12-13,20H,2,5,9,11,14-16H2,1H3,(H,24,27)(H,25,28)/t20-/m1/s1. The molecule has 28 heavy (non-hydrogen) atoms. The molecule has 148 valence electrons. The summed E-state index contributed by atoms with van der Waals surface area (Å²) in [6.45, 7) is 5.52. The molecular weight excluding hydrogens is 352 g/mol. The van der Waals surface area contributed by atoms with Crippen molar-refractivity contribution < 1.29 is 9.59 Å². The lowest BCUT2D eigenvalue weighted by Crippen LogP contribution is -2.42. The number of rotatable bonds is 7. The lowest BCUT2D eigenvalue weighted by molar-refractivity contribution is -0.126. The smallest absolute Gasteiger partial charge is 0.251 e. The van der Waals surface area contributed by atoms with Gasteiger partial charge in [-0.3, -0.25) is 19.5 Å². The molecule has 0 unspecified atom stereocenters. The topological polar surface area (TPSA) is 74.3 Å². The predicted octanol–water partition coefficient (Wildman–Crippen LogP) is 2.36. The van der Waals surface area contributed by atoms with Gasteiger partial charge in [-0.25, -0.2) is 0 Å². The lowest BCUT2D eigenvalue weighted by atomic mass is 9.96. The summed E-state index contributed by atoms with van der Waals surface area (Å²) in [7, 11) is 0. The molecule has 2 amide bonds. The van der Waals surface area contributed by atoms with Crippen LogP contribution in [0.5, 0.6) is 0 Å². The molecule has 2 N–H and O–H groups in total. The van der Waals surface area contributed by atoms with Gasteiger partial charge in [0, 0.05) is 44.1 Å². The quantitative estimate of drug-likeness (QED) is 0.773. The fourth-order valence-corrected chi connectivity index (χ4v) is 3.58. The maximum atomic E-state index is 12.7. The molecule has 1 fully saturated rings. The van der Waals surface area contributed by atoms with Crippen LogP contribution in [-0.4, -0.2) is 41.3 Å². The second-order valence-corrected chi connectivity index (χ2v) is 7.21. The van der Waals surface area contributed by atoms with E-state index in [1.165, 1.54) is 5.56 Å². The summed E-state index contributed by atoms with van der Waals surface area (Å²) in [5, 5.41) is 5.84. The largest absolute Gasteiger partial charge is 0.352 e. The number of benzene rings is 1. The summed E-state index contributed by atoms with van der Waals surface area (Å²) in [5.41, 5.74) is 2.72. The molecule has 3 rings (SSSR count). The highest BCUT2D eigenvalue weighted by molar-refractivity contribution is 5.94. The maximum absolute atomic E-state index is 12.7. The number of hydrogen-bond donors (Lipinski definition) is 2. The highest BCUT2D eigenvalue weighted by Crippen LogP contribution is 2.19. The van der Waals surface area contributed by atoms with E-state index in [4.69, 9.17) is 0 Å². The molecule has 1 aliphatic heterocycles. The second kappa shape index (κ2) is 9.99. The molecule has 1 aromatic carbocycles. The third-order valence-corrected chi connectivity index (χ3v) is 5.00. The number of amides is 2. The normalized spacial score (nSPS) is 17.1. The van der Waals surface area contributed by atoms with Gasteiger partial charge in [0.25, 0.3) is 5.91 Å². The molecule has 1 aliphatic rings. The molecule has 0 saturated carbocycles. The number of hydrogen-bond acceptors (Lipinski definition) is 4. The highest BCUT2D eigenvalue weighted by Gasteiger charge is 2.25. The van der Waals surface area contributed by atoms with Gasteiger partial charge in [-0.15, -0.1) is 0 Å². The third-order valence-electron chi connectivity index (χ3n) is 5.00. The van der Waals surface area contributed by atoms with Crippen LogP contribution < -0.4 is 10.6 Å². The van der Waals surface area contributed by atoms with E-state index >= 15 is 0 Å². The fourth-order valence-electron chi connectivity index (χ4n) is 3.58. The Morgan fingerprint density at radius 1 is 1.18 bits per heavy atom. The first-order chi connectivity index (χ1) is 13.7. The van der Waals surface area contributed by atoms with Crippen molar-refractivity contribution in [3.05, 3.63) is 65.5 Å². The molecule has 2 heterocycles. The summed E-state index contributed by atoms with van der Waals surface area (Å²) >= 11 is 0. The van der Waals surface area contributed by atoms with Gasteiger partial charge in [-0.1, -0.05) is 18.2 Å². The number of likely N-dealkylation sites (tertiary alicyclic amines) is 1. The van der Waals surface area contributed by atoms with Crippen molar-refractivity contribution in [3.8, 4) is 0 Å². The number of piperidine rings is 1. The summed E-state index contributed by atoms with van der Waals surface area (Å²) < 4.78 is 0. The Morgan fingerprint density at radius 2 is 2.04 bits per heavy atom. The van der Waals surface area contributed by atoms with E-state index in [9.17, 15) is 9.59 Å². The molecule has 2 aromatic rings. The van der Waals surface area contributed by atoms with E-state index in [0.29, 0.717) is 18.7 Å². The van der Waals surface area contributed by atoms with Gasteiger partial charge in [0.15, 0.2) is 0 Å². The third kappa shape index (κ3) is 5.63. The van der Waals surface area contributed by atoms with Crippen molar-refractivity contribution in [2.45, 2.75) is 32.9 Å². The van der Waals surface area contributed by atoms with Crippen molar-refractivity contribution in [3.63, 3.8) is 0 Å². The van der Waals surface area contributed by atoms with E-state index in [0.717, 1.165) is 38.0 Å². The molecule has 0 bridgehead atoms. The zero-order valence-corrected chi connectivity index (χ0v) is 16.4. The number of nitrogens with zero attached hydrogens (tertiary/aromatic N) is 2. The second-order valence-electron chi connectivity index (χ2n) is 7.21. The van der Waals surface area contributed by atoms with Crippen LogP contribution in [-0.2, 0) is 17.9 Å². The number of pyridine rings is 1. The van der Waals surface area contributed by atoms with Gasteiger partial charge in [0.1, 0.15) is 0 Å². The van der Waals surface area contributed by atoms with E-state index in [1.807, 2.05) is 37.4 Å². The van der Waals surface area contributed by atoms with Gasteiger partial charge >= 0.3 is 0 Å². The average molecular weight is 380 g/mol. The summed E-state index contributed by atoms with van der Waals surface area (Å²) in [6.07, 6.45) is 5.58.